The molecule has 8 rings (SSSR count). The molecule has 280 valence electrons. The number of hydrogen-bond donors (Lipinski definition) is 2. The van der Waals surface area contributed by atoms with Crippen molar-refractivity contribution in [3.63, 3.8) is 0 Å². The monoisotopic (exact) mass is 763 g/mol. The van der Waals surface area contributed by atoms with Gasteiger partial charge < -0.3 is 14.6 Å². The molecule has 3 fully saturated rings. The van der Waals surface area contributed by atoms with Gasteiger partial charge in [0.15, 0.2) is 5.78 Å². The molecule has 2 saturated heterocycles. The minimum Gasteiger partial charge on any atom is -0.508 e. The molecule has 6 unspecified atom stereocenters. The van der Waals surface area contributed by atoms with Crippen LogP contribution in [0.1, 0.15) is 47.2 Å². The van der Waals surface area contributed by atoms with Gasteiger partial charge in [0.1, 0.15) is 23.1 Å². The van der Waals surface area contributed by atoms with E-state index in [1.807, 2.05) is 6.08 Å². The third-order valence-electron chi connectivity index (χ3n) is 11.6. The van der Waals surface area contributed by atoms with E-state index in [0.717, 1.165) is 9.91 Å². The zero-order valence-corrected chi connectivity index (χ0v) is 30.7. The smallest absolute Gasteiger partial charge is 0.260 e. The molecule has 0 radical (unpaired) electrons. The number of halogens is 2. The van der Waals surface area contributed by atoms with Crippen molar-refractivity contribution in [1.82, 2.24) is 5.01 Å². The van der Waals surface area contributed by atoms with Crippen LogP contribution in [0.25, 0.3) is 0 Å². The lowest BCUT2D eigenvalue weighted by atomic mass is 9.49. The highest BCUT2D eigenvalue weighted by Crippen LogP contribution is 2.66. The molecule has 2 aliphatic carbocycles. The van der Waals surface area contributed by atoms with Crippen LogP contribution in [0.4, 0.5) is 15.8 Å². The second-order valence-electron chi connectivity index (χ2n) is 14.3. The molecule has 2 aliphatic heterocycles. The molecule has 4 aromatic carbocycles. The Bertz CT molecular complexity index is 2290. The maximum absolute atomic E-state index is 15.4. The van der Waals surface area contributed by atoms with Crippen LogP contribution >= 0.6 is 11.6 Å². The predicted octanol–water partition coefficient (Wildman–Crippen LogP) is 6.59. The summed E-state index contributed by atoms with van der Waals surface area (Å²) in [6.07, 6.45) is 2.05. The van der Waals surface area contributed by atoms with E-state index >= 15 is 4.79 Å². The first-order valence-corrected chi connectivity index (χ1v) is 18.1. The third kappa shape index (κ3) is 5.41. The number of ketones is 1. The van der Waals surface area contributed by atoms with Gasteiger partial charge in [0.25, 0.3) is 11.8 Å². The van der Waals surface area contributed by atoms with E-state index < -0.39 is 64.5 Å². The van der Waals surface area contributed by atoms with Crippen molar-refractivity contribution in [2.24, 2.45) is 23.7 Å². The number of imide groups is 2. The number of phenols is 1. The number of nitrogens with zero attached hydrogens (tertiary/aromatic N) is 2. The van der Waals surface area contributed by atoms with Crippen molar-refractivity contribution in [3.8, 4) is 17.2 Å². The summed E-state index contributed by atoms with van der Waals surface area (Å²) in [6.45, 7) is 1.43. The second kappa shape index (κ2) is 13.4. The normalized spacial score (nSPS) is 25.6. The van der Waals surface area contributed by atoms with Crippen LogP contribution in [0.5, 0.6) is 17.2 Å². The number of ether oxygens (including phenoxy) is 2. The molecule has 0 aromatic heterocycles. The van der Waals surface area contributed by atoms with Gasteiger partial charge in [-0.3, -0.25) is 34.3 Å². The van der Waals surface area contributed by atoms with E-state index in [0.29, 0.717) is 33.0 Å². The maximum atomic E-state index is 15.4. The lowest BCUT2D eigenvalue weighted by molar-refractivity contribution is -0.138. The van der Waals surface area contributed by atoms with Gasteiger partial charge in [-0.05, 0) is 91.9 Å². The highest BCUT2D eigenvalue weighted by atomic mass is 35.5. The number of aromatic hydroxyl groups is 1. The summed E-state index contributed by atoms with van der Waals surface area (Å²) < 4.78 is 25.7. The molecule has 6 atom stereocenters. The molecule has 0 spiro atoms. The van der Waals surface area contributed by atoms with Crippen molar-refractivity contribution in [3.05, 3.63) is 124 Å². The topological polar surface area (TPSA) is 143 Å². The minimum absolute atomic E-state index is 0.0111. The molecular weight excluding hydrogens is 729 g/mol. The van der Waals surface area contributed by atoms with Gasteiger partial charge in [0, 0.05) is 34.2 Å². The van der Waals surface area contributed by atoms with Crippen LogP contribution in [-0.4, -0.2) is 53.7 Å². The number of rotatable bonds is 8. The zero-order valence-electron chi connectivity index (χ0n) is 29.9. The van der Waals surface area contributed by atoms with Crippen molar-refractivity contribution in [2.75, 3.05) is 24.5 Å². The lowest BCUT2D eigenvalue weighted by Crippen LogP contribution is -2.53. The molecule has 13 heteroatoms. The van der Waals surface area contributed by atoms with Crippen LogP contribution in [-0.2, 0) is 24.6 Å². The number of Topliss-reactive ketones (excluding diaryl/α,β-unsaturated/α-hetero) is 1. The number of allylic oxidation sites excluding steroid dienone is 2. The van der Waals surface area contributed by atoms with Gasteiger partial charge in [-0.1, -0.05) is 35.4 Å². The molecule has 11 nitrogen and oxygen atoms in total. The van der Waals surface area contributed by atoms with Crippen molar-refractivity contribution in [1.29, 1.82) is 0 Å². The number of anilines is 2. The summed E-state index contributed by atoms with van der Waals surface area (Å²) in [4.78, 5) is 72.3. The van der Waals surface area contributed by atoms with Gasteiger partial charge in [-0.15, -0.1) is 0 Å². The van der Waals surface area contributed by atoms with E-state index in [4.69, 9.17) is 21.1 Å². The number of nitrogens with one attached hydrogen (secondary N) is 1. The first-order valence-electron chi connectivity index (χ1n) is 17.7. The summed E-state index contributed by atoms with van der Waals surface area (Å²) in [5, 5.41) is 12.1. The summed E-state index contributed by atoms with van der Waals surface area (Å²) in [7, 11) is 2.82. The summed E-state index contributed by atoms with van der Waals surface area (Å²) in [6, 6.07) is 20.9. The summed E-state index contributed by atoms with van der Waals surface area (Å²) >= 11 is 6.39. The average Bonchev–Trinajstić information content (AvgIpc) is 3.56. The van der Waals surface area contributed by atoms with Gasteiger partial charge >= 0.3 is 0 Å². The maximum Gasteiger partial charge on any atom is 0.260 e. The highest BCUT2D eigenvalue weighted by molar-refractivity contribution is 6.30. The SMILES string of the molecule is COc1cc(O)cc(OC)c1C1C2=CCC3C(=O)N(c4ccc(C(C)=O)cc4)C(=O)C3C2CC2C(=O)N(Nc3ccc(F)cc3)C(=O)C21c1ccc(Cl)cc1. The first-order chi connectivity index (χ1) is 26.4. The fourth-order valence-electron chi connectivity index (χ4n) is 9.28. The molecule has 0 bridgehead atoms. The van der Waals surface area contributed by atoms with Crippen LogP contribution in [0.15, 0.2) is 96.6 Å². The van der Waals surface area contributed by atoms with Gasteiger partial charge in [0.05, 0.1) is 48.8 Å². The van der Waals surface area contributed by atoms with E-state index in [9.17, 15) is 28.7 Å². The number of methoxy groups -OCH3 is 2. The Balaban J connectivity index is 1.35. The minimum atomic E-state index is -1.70. The molecule has 4 aromatic rings. The fourth-order valence-corrected chi connectivity index (χ4v) is 9.40. The Morgan fingerprint density at radius 1 is 0.873 bits per heavy atom. The standard InChI is InChI=1S/C42H35ClFN3O8/c1-21(48)22-4-14-27(15-5-22)46-38(50)30-17-16-29-31(35(30)40(46)52)20-32-39(51)47(45-26-12-10-25(44)11-13-26)41(53)42(32,23-6-8-24(43)9-7-23)37(29)36-33(54-2)18-28(49)19-34(36)55-3/h4-16,18-19,30-32,35,37,45,49H,17,20H2,1-3H3. The fraction of sp³-hybridized carbons (Fsp3) is 0.262. The van der Waals surface area contributed by atoms with E-state index in [1.165, 1.54) is 57.5 Å². The highest BCUT2D eigenvalue weighted by Gasteiger charge is 2.71. The number of benzene rings is 4. The van der Waals surface area contributed by atoms with Crippen molar-refractivity contribution in [2.45, 2.75) is 31.1 Å². The third-order valence-corrected chi connectivity index (χ3v) is 11.9. The number of amides is 4. The van der Waals surface area contributed by atoms with E-state index in [2.05, 4.69) is 5.43 Å². The Hall–Kier alpha value is -6.01. The summed E-state index contributed by atoms with van der Waals surface area (Å²) in [5.74, 6) is -7.11. The molecule has 2 N–H and O–H groups in total. The molecule has 4 amide bonds. The first kappa shape index (κ1) is 36.0. The van der Waals surface area contributed by atoms with Gasteiger partial charge in [-0.2, -0.15) is 5.01 Å². The van der Waals surface area contributed by atoms with Gasteiger partial charge in [-0.25, -0.2) is 4.39 Å². The molecule has 2 heterocycles. The number of hydrazine groups is 1. The molecule has 1 saturated carbocycles. The number of carbonyl (C=O) groups excluding carboxylic acids is 5. The van der Waals surface area contributed by atoms with Crippen LogP contribution < -0.4 is 19.8 Å². The van der Waals surface area contributed by atoms with Crippen LogP contribution in [0.2, 0.25) is 5.02 Å². The molecular formula is C42H35ClFN3O8. The number of fused-ring (bicyclic) bond motifs is 4. The van der Waals surface area contributed by atoms with E-state index in [1.54, 1.807) is 48.5 Å². The van der Waals surface area contributed by atoms with Crippen LogP contribution in [0, 0.1) is 29.5 Å². The number of phenolic OH excluding ortho intramolecular Hbond substituents is 1. The van der Waals surface area contributed by atoms with Crippen molar-refractivity contribution < 1.29 is 42.9 Å². The largest absolute Gasteiger partial charge is 0.508 e. The zero-order chi connectivity index (χ0) is 38.9. The Morgan fingerprint density at radius 2 is 1.51 bits per heavy atom. The van der Waals surface area contributed by atoms with E-state index in [-0.39, 0.29) is 41.6 Å². The Morgan fingerprint density at radius 3 is 2.11 bits per heavy atom. The molecule has 55 heavy (non-hydrogen) atoms. The second-order valence-corrected chi connectivity index (χ2v) is 14.7. The lowest BCUT2D eigenvalue weighted by Gasteiger charge is -2.51. The summed E-state index contributed by atoms with van der Waals surface area (Å²) in [5.41, 5.74) is 3.69. The number of carbonyl (C=O) groups is 5. The quantitative estimate of drug-likeness (QED) is 0.115. The van der Waals surface area contributed by atoms with Gasteiger partial charge in [0.2, 0.25) is 11.8 Å². The molecule has 4 aliphatic rings. The predicted molar refractivity (Wildman–Crippen MR) is 199 cm³/mol. The number of hydrogen-bond acceptors (Lipinski definition) is 9. The Kier molecular flexibility index (Phi) is 8.76. The van der Waals surface area contributed by atoms with Crippen LogP contribution in [0.3, 0.4) is 0 Å². The van der Waals surface area contributed by atoms with Crippen molar-refractivity contribution >= 4 is 52.4 Å². The Labute approximate surface area is 320 Å². The average molecular weight is 764 g/mol.